The molecule has 0 saturated heterocycles. The van der Waals surface area contributed by atoms with Gasteiger partial charge in [0.25, 0.3) is 0 Å². The molecule has 228 valence electrons. The number of esters is 6. The van der Waals surface area contributed by atoms with Crippen LogP contribution in [-0.2, 0) is 9.47 Å². The van der Waals surface area contributed by atoms with Crippen LogP contribution in [0.15, 0.2) is 103 Å². The minimum Gasteiger partial charge on any atom is -0.423 e. The van der Waals surface area contributed by atoms with E-state index in [1.165, 1.54) is 36.4 Å². The Balaban J connectivity index is 1.00. The predicted octanol–water partition coefficient (Wildman–Crippen LogP) is 6.39. The van der Waals surface area contributed by atoms with Gasteiger partial charge in [0, 0.05) is 0 Å². The fraction of sp³-hybridized carbons (Fsp3) is 0.0270. The summed E-state index contributed by atoms with van der Waals surface area (Å²) in [5, 5.41) is 0. The monoisotopic (exact) mass is 624 g/mol. The maximum absolute atomic E-state index is 12.8. The SMILES string of the molecule is Cc1cc(-c2ccc(-c3ccc(OC(=O)c4ccc5c(c4)C(=O)OC5=O)cc3)cc2)ccc1OC(=O)c1ccc2c(c1)C(=O)OC2=O. The highest BCUT2D eigenvalue weighted by molar-refractivity contribution is 6.16. The van der Waals surface area contributed by atoms with Gasteiger partial charge in [0.1, 0.15) is 11.5 Å². The molecule has 10 nitrogen and oxygen atoms in total. The smallest absolute Gasteiger partial charge is 0.346 e. The molecule has 0 bridgehead atoms. The Morgan fingerprint density at radius 3 is 1.40 bits per heavy atom. The second-order valence-corrected chi connectivity index (χ2v) is 10.7. The van der Waals surface area contributed by atoms with Crippen LogP contribution in [0.5, 0.6) is 11.5 Å². The zero-order chi connectivity index (χ0) is 32.8. The number of benzene rings is 5. The topological polar surface area (TPSA) is 139 Å². The molecule has 0 amide bonds. The summed E-state index contributed by atoms with van der Waals surface area (Å²) in [4.78, 5) is 72.4. The third-order valence-electron chi connectivity index (χ3n) is 7.76. The average molecular weight is 625 g/mol. The highest BCUT2D eigenvalue weighted by atomic mass is 16.6. The van der Waals surface area contributed by atoms with Crippen LogP contribution in [0, 0.1) is 6.92 Å². The first-order chi connectivity index (χ1) is 22.6. The molecule has 0 N–H and O–H groups in total. The Bertz CT molecular complexity index is 2190. The van der Waals surface area contributed by atoms with Crippen molar-refractivity contribution < 1.29 is 47.7 Å². The van der Waals surface area contributed by atoms with Crippen molar-refractivity contribution in [3.05, 3.63) is 142 Å². The van der Waals surface area contributed by atoms with Gasteiger partial charge in [-0.25, -0.2) is 28.8 Å². The number of hydrogen-bond acceptors (Lipinski definition) is 10. The van der Waals surface area contributed by atoms with E-state index in [1.807, 2.05) is 55.5 Å². The number of fused-ring (bicyclic) bond motifs is 2. The summed E-state index contributed by atoms with van der Waals surface area (Å²) in [6.45, 7) is 1.81. The van der Waals surface area contributed by atoms with Crippen molar-refractivity contribution in [2.75, 3.05) is 0 Å². The van der Waals surface area contributed by atoms with Crippen LogP contribution in [-0.4, -0.2) is 35.8 Å². The Morgan fingerprint density at radius 2 is 0.894 bits per heavy atom. The lowest BCUT2D eigenvalue weighted by Crippen LogP contribution is -2.10. The number of aryl methyl sites for hydroxylation is 1. The summed E-state index contributed by atoms with van der Waals surface area (Å²) in [6, 6.07) is 28.3. The van der Waals surface area contributed by atoms with Gasteiger partial charge < -0.3 is 18.9 Å². The maximum Gasteiger partial charge on any atom is 0.346 e. The van der Waals surface area contributed by atoms with Gasteiger partial charge in [-0.2, -0.15) is 0 Å². The van der Waals surface area contributed by atoms with Crippen molar-refractivity contribution in [2.24, 2.45) is 0 Å². The lowest BCUT2D eigenvalue weighted by atomic mass is 9.99. The summed E-state index contributed by atoms with van der Waals surface area (Å²) in [6.07, 6.45) is 0. The first kappa shape index (κ1) is 29.1. The first-order valence-corrected chi connectivity index (χ1v) is 14.2. The second-order valence-electron chi connectivity index (χ2n) is 10.7. The second kappa shape index (κ2) is 11.4. The molecular weight excluding hydrogens is 604 g/mol. The van der Waals surface area contributed by atoms with E-state index in [0.29, 0.717) is 17.1 Å². The molecule has 7 rings (SSSR count). The van der Waals surface area contributed by atoms with E-state index in [1.54, 1.807) is 18.2 Å². The van der Waals surface area contributed by atoms with Crippen molar-refractivity contribution in [1.29, 1.82) is 0 Å². The fourth-order valence-corrected chi connectivity index (χ4v) is 5.26. The van der Waals surface area contributed by atoms with Crippen LogP contribution < -0.4 is 9.47 Å². The Hall–Kier alpha value is -6.68. The molecule has 5 aromatic carbocycles. The summed E-state index contributed by atoms with van der Waals surface area (Å²) >= 11 is 0. The standard InChI is InChI=1S/C37H20O10/c1-19-16-23(10-15-31(19)45-33(39)25-9-14-28-30(18-25)37(43)47-35(28)41)22-4-2-20(3-5-22)21-6-11-26(12-7-21)44-32(38)24-8-13-27-29(17-24)36(42)46-34(27)40/h2-18H,1H3. The lowest BCUT2D eigenvalue weighted by molar-refractivity contribution is 0.0425. The van der Waals surface area contributed by atoms with Gasteiger partial charge in [0.2, 0.25) is 0 Å². The number of rotatable bonds is 6. The van der Waals surface area contributed by atoms with Crippen LogP contribution in [0.2, 0.25) is 0 Å². The molecule has 10 heteroatoms. The minimum absolute atomic E-state index is 0.0274. The molecule has 2 aliphatic heterocycles. The van der Waals surface area contributed by atoms with Crippen molar-refractivity contribution in [2.45, 2.75) is 6.92 Å². The van der Waals surface area contributed by atoms with Crippen LogP contribution in [0.3, 0.4) is 0 Å². The Labute approximate surface area is 266 Å². The largest absolute Gasteiger partial charge is 0.423 e. The molecule has 0 fully saturated rings. The average Bonchev–Trinajstić information content (AvgIpc) is 3.53. The molecule has 0 aliphatic carbocycles. The molecule has 0 radical (unpaired) electrons. The quantitative estimate of drug-likeness (QED) is 0.119. The van der Waals surface area contributed by atoms with E-state index in [2.05, 4.69) is 9.47 Å². The van der Waals surface area contributed by atoms with E-state index >= 15 is 0 Å². The van der Waals surface area contributed by atoms with E-state index < -0.39 is 35.8 Å². The third-order valence-corrected chi connectivity index (χ3v) is 7.76. The van der Waals surface area contributed by atoms with Crippen LogP contribution in [0.4, 0.5) is 0 Å². The predicted molar refractivity (Wildman–Crippen MR) is 164 cm³/mol. The molecule has 0 saturated carbocycles. The molecule has 2 heterocycles. The summed E-state index contributed by atoms with van der Waals surface area (Å²) in [5.74, 6) is -3.78. The van der Waals surface area contributed by atoms with Crippen LogP contribution >= 0.6 is 0 Å². The molecule has 2 aliphatic rings. The summed E-state index contributed by atoms with van der Waals surface area (Å²) < 4.78 is 20.1. The Kier molecular flexibility index (Phi) is 7.02. The highest BCUT2D eigenvalue weighted by Gasteiger charge is 2.31. The van der Waals surface area contributed by atoms with Crippen LogP contribution in [0.1, 0.15) is 67.7 Å². The zero-order valence-corrected chi connectivity index (χ0v) is 24.4. The number of carbonyl (C=O) groups excluding carboxylic acids is 6. The van der Waals surface area contributed by atoms with Gasteiger partial charge >= 0.3 is 35.8 Å². The molecule has 47 heavy (non-hydrogen) atoms. The van der Waals surface area contributed by atoms with Crippen molar-refractivity contribution >= 4 is 35.8 Å². The van der Waals surface area contributed by atoms with Gasteiger partial charge in [-0.05, 0) is 95.4 Å². The van der Waals surface area contributed by atoms with Gasteiger partial charge in [0.15, 0.2) is 0 Å². The van der Waals surface area contributed by atoms with E-state index in [9.17, 15) is 28.8 Å². The summed E-state index contributed by atoms with van der Waals surface area (Å²) in [5.41, 5.74) is 4.87. The van der Waals surface area contributed by atoms with E-state index in [-0.39, 0.29) is 33.4 Å². The molecular formula is C37H20O10. The third kappa shape index (κ3) is 5.44. The number of hydrogen-bond donors (Lipinski definition) is 0. The Morgan fingerprint density at radius 1 is 0.468 bits per heavy atom. The number of cyclic esters (lactones) is 4. The van der Waals surface area contributed by atoms with Crippen molar-refractivity contribution in [1.82, 2.24) is 0 Å². The van der Waals surface area contributed by atoms with E-state index in [4.69, 9.17) is 9.47 Å². The number of carbonyl (C=O) groups is 6. The zero-order valence-electron chi connectivity index (χ0n) is 24.4. The highest BCUT2D eigenvalue weighted by Crippen LogP contribution is 2.31. The molecule has 0 unspecified atom stereocenters. The maximum atomic E-state index is 12.8. The van der Waals surface area contributed by atoms with Gasteiger partial charge in [-0.1, -0.05) is 42.5 Å². The lowest BCUT2D eigenvalue weighted by Gasteiger charge is -2.11. The fourth-order valence-electron chi connectivity index (χ4n) is 5.26. The molecule has 0 aromatic heterocycles. The van der Waals surface area contributed by atoms with Gasteiger partial charge in [-0.15, -0.1) is 0 Å². The first-order valence-electron chi connectivity index (χ1n) is 14.2. The molecule has 5 aromatic rings. The van der Waals surface area contributed by atoms with Gasteiger partial charge in [0.05, 0.1) is 33.4 Å². The van der Waals surface area contributed by atoms with Crippen molar-refractivity contribution in [3.63, 3.8) is 0 Å². The van der Waals surface area contributed by atoms with Crippen LogP contribution in [0.25, 0.3) is 22.3 Å². The van der Waals surface area contributed by atoms with Gasteiger partial charge in [-0.3, -0.25) is 0 Å². The number of ether oxygens (including phenoxy) is 4. The summed E-state index contributed by atoms with van der Waals surface area (Å²) in [7, 11) is 0. The minimum atomic E-state index is -0.799. The molecule has 0 spiro atoms. The van der Waals surface area contributed by atoms with E-state index in [0.717, 1.165) is 22.3 Å². The van der Waals surface area contributed by atoms with Crippen molar-refractivity contribution in [3.8, 4) is 33.8 Å². The normalized spacial score (nSPS) is 13.0. The molecule has 0 atom stereocenters.